The Bertz CT molecular complexity index is 708. The van der Waals surface area contributed by atoms with Gasteiger partial charge in [-0.15, -0.1) is 14.8 Å². The van der Waals surface area contributed by atoms with Crippen LogP contribution in [0.2, 0.25) is 0 Å². The highest BCUT2D eigenvalue weighted by Crippen LogP contribution is 2.19. The molecule has 2 aromatic heterocycles. The van der Waals surface area contributed by atoms with Gasteiger partial charge in [-0.2, -0.15) is 0 Å². The molecule has 18 heavy (non-hydrogen) atoms. The molecular weight excluding hydrogens is 235 g/mol. The van der Waals surface area contributed by atoms with Crippen LogP contribution in [-0.4, -0.2) is 25.3 Å². The number of hydrogen-bond donors (Lipinski definition) is 1. The molecule has 0 saturated carbocycles. The van der Waals surface area contributed by atoms with Crippen molar-refractivity contribution in [3.05, 3.63) is 41.7 Å². The van der Waals surface area contributed by atoms with Crippen LogP contribution in [0.3, 0.4) is 0 Å². The predicted octanol–water partition coefficient (Wildman–Crippen LogP) is 1.71. The molecule has 0 unspecified atom stereocenters. The largest absolute Gasteiger partial charge is 0.339 e. The molecule has 1 aromatic carbocycles. The van der Waals surface area contributed by atoms with Crippen molar-refractivity contribution in [2.24, 2.45) is 0 Å². The minimum atomic E-state index is -0.262. The van der Waals surface area contributed by atoms with Gasteiger partial charge >= 0.3 is 0 Å². The van der Waals surface area contributed by atoms with Crippen molar-refractivity contribution in [1.82, 2.24) is 25.3 Å². The van der Waals surface area contributed by atoms with E-state index in [0.29, 0.717) is 11.5 Å². The number of nitrogens with one attached hydrogen (secondary N) is 1. The first-order valence-electron chi connectivity index (χ1n) is 5.31. The number of hydrogen-bond acceptors (Lipinski definition) is 5. The van der Waals surface area contributed by atoms with E-state index < -0.39 is 0 Å². The lowest BCUT2D eigenvalue weighted by atomic mass is 10.2. The summed E-state index contributed by atoms with van der Waals surface area (Å²) in [5.74, 6) is 0.325. The van der Waals surface area contributed by atoms with E-state index >= 15 is 0 Å². The maximum Gasteiger partial charge on any atom is 0.200 e. The molecule has 7 heteroatoms. The topological polar surface area (TPSA) is 68.0 Å². The zero-order valence-electron chi connectivity index (χ0n) is 9.50. The maximum absolute atomic E-state index is 13.0. The van der Waals surface area contributed by atoms with Crippen LogP contribution in [0.5, 0.6) is 0 Å². The number of aryl methyl sites for hydroxylation is 1. The molecule has 0 spiro atoms. The maximum atomic E-state index is 13.0. The van der Waals surface area contributed by atoms with E-state index in [1.807, 2.05) is 6.92 Å². The number of benzene rings is 1. The monoisotopic (exact) mass is 244 g/mol. The quantitative estimate of drug-likeness (QED) is 0.743. The summed E-state index contributed by atoms with van der Waals surface area (Å²) in [5.41, 5.74) is 2.15. The second-order valence-corrected chi connectivity index (χ2v) is 3.83. The summed E-state index contributed by atoms with van der Waals surface area (Å²) in [6.45, 7) is 1.82. The van der Waals surface area contributed by atoms with Gasteiger partial charge in [0.15, 0.2) is 11.5 Å². The molecule has 3 aromatic rings. The third-order valence-electron chi connectivity index (χ3n) is 2.52. The Labute approximate surface area is 101 Å². The van der Waals surface area contributed by atoms with Crippen molar-refractivity contribution < 1.29 is 4.39 Å². The molecule has 0 radical (unpaired) electrons. The van der Waals surface area contributed by atoms with Gasteiger partial charge < -0.3 is 5.32 Å². The van der Waals surface area contributed by atoms with E-state index in [1.165, 1.54) is 16.8 Å². The zero-order chi connectivity index (χ0) is 12.5. The van der Waals surface area contributed by atoms with Gasteiger partial charge in [0, 0.05) is 5.69 Å². The van der Waals surface area contributed by atoms with Gasteiger partial charge in [0.05, 0.1) is 0 Å². The molecule has 2 heterocycles. The molecule has 90 valence electrons. The van der Waals surface area contributed by atoms with Crippen molar-refractivity contribution in [2.75, 3.05) is 5.32 Å². The summed E-state index contributed by atoms with van der Waals surface area (Å²) in [7, 11) is 0. The molecule has 0 bridgehead atoms. The number of nitrogens with zero attached hydrogens (tertiary/aromatic N) is 5. The van der Waals surface area contributed by atoms with Crippen molar-refractivity contribution >= 4 is 17.2 Å². The van der Waals surface area contributed by atoms with Gasteiger partial charge in [-0.25, -0.2) is 4.39 Å². The van der Waals surface area contributed by atoms with E-state index in [4.69, 9.17) is 0 Å². The molecule has 0 atom stereocenters. The average Bonchev–Trinajstić information content (AvgIpc) is 2.80. The van der Waals surface area contributed by atoms with Gasteiger partial charge in [0.2, 0.25) is 0 Å². The van der Waals surface area contributed by atoms with Crippen LogP contribution in [-0.2, 0) is 0 Å². The number of rotatable bonds is 2. The number of halogens is 1. The zero-order valence-corrected chi connectivity index (χ0v) is 9.50. The Hall–Kier alpha value is -2.57. The van der Waals surface area contributed by atoms with E-state index in [9.17, 15) is 4.39 Å². The van der Waals surface area contributed by atoms with Crippen molar-refractivity contribution in [1.29, 1.82) is 0 Å². The lowest BCUT2D eigenvalue weighted by molar-refractivity contribution is 0.627. The third kappa shape index (κ3) is 1.86. The molecule has 0 aliphatic heterocycles. The summed E-state index contributed by atoms with van der Waals surface area (Å²) in [5, 5.41) is 18.2. The van der Waals surface area contributed by atoms with E-state index in [0.717, 1.165) is 11.3 Å². The van der Waals surface area contributed by atoms with Crippen LogP contribution >= 0.6 is 0 Å². The highest BCUT2D eigenvalue weighted by atomic mass is 19.1. The Morgan fingerprint density at radius 1 is 1.22 bits per heavy atom. The molecule has 0 saturated heterocycles. The van der Waals surface area contributed by atoms with E-state index in [1.54, 1.807) is 18.2 Å². The first-order chi connectivity index (χ1) is 8.72. The SMILES string of the molecule is Cc1cc(F)ccc1Nc1ccc2nnnn2n1. The van der Waals surface area contributed by atoms with Crippen molar-refractivity contribution in [2.45, 2.75) is 6.92 Å². The van der Waals surface area contributed by atoms with Gasteiger partial charge in [-0.1, -0.05) is 0 Å². The summed E-state index contributed by atoms with van der Waals surface area (Å²) >= 11 is 0. The third-order valence-corrected chi connectivity index (χ3v) is 2.52. The fraction of sp³-hybridized carbons (Fsp3) is 0.0909. The molecule has 0 fully saturated rings. The smallest absolute Gasteiger partial charge is 0.200 e. The van der Waals surface area contributed by atoms with Gasteiger partial charge in [0.1, 0.15) is 5.82 Å². The molecule has 6 nitrogen and oxygen atoms in total. The van der Waals surface area contributed by atoms with Gasteiger partial charge in [-0.05, 0) is 53.2 Å². The van der Waals surface area contributed by atoms with Crippen LogP contribution < -0.4 is 5.32 Å². The number of anilines is 2. The minimum Gasteiger partial charge on any atom is -0.339 e. The van der Waals surface area contributed by atoms with E-state index in [2.05, 4.69) is 25.9 Å². The standard InChI is InChI=1S/C11H9FN6/c1-7-6-8(12)2-3-9(7)13-10-4-5-11-14-16-17-18(11)15-10/h2-6H,1H3,(H,13,15). The Morgan fingerprint density at radius 3 is 2.94 bits per heavy atom. The number of tetrazole rings is 1. The normalized spacial score (nSPS) is 10.8. The van der Waals surface area contributed by atoms with Crippen LogP contribution in [0.4, 0.5) is 15.9 Å². The van der Waals surface area contributed by atoms with Gasteiger partial charge in [0.25, 0.3) is 0 Å². The second kappa shape index (κ2) is 4.02. The first-order valence-corrected chi connectivity index (χ1v) is 5.31. The molecule has 1 N–H and O–H groups in total. The van der Waals surface area contributed by atoms with E-state index in [-0.39, 0.29) is 5.82 Å². The molecule has 0 aliphatic carbocycles. The molecule has 3 rings (SSSR count). The Morgan fingerprint density at radius 2 is 2.11 bits per heavy atom. The van der Waals surface area contributed by atoms with Gasteiger partial charge in [-0.3, -0.25) is 0 Å². The molecule has 0 amide bonds. The summed E-state index contributed by atoms with van der Waals surface area (Å²) in [6.07, 6.45) is 0. The van der Waals surface area contributed by atoms with Crippen molar-refractivity contribution in [3.63, 3.8) is 0 Å². The summed E-state index contributed by atoms with van der Waals surface area (Å²) in [6, 6.07) is 8.02. The van der Waals surface area contributed by atoms with Crippen LogP contribution in [0.1, 0.15) is 5.56 Å². The number of aromatic nitrogens is 5. The summed E-state index contributed by atoms with van der Waals surface area (Å²) in [4.78, 5) is 0. The fourth-order valence-corrected chi connectivity index (χ4v) is 1.62. The predicted molar refractivity (Wildman–Crippen MR) is 63.0 cm³/mol. The highest BCUT2D eigenvalue weighted by molar-refractivity contribution is 5.60. The summed E-state index contributed by atoms with van der Waals surface area (Å²) < 4.78 is 14.3. The lowest BCUT2D eigenvalue weighted by Gasteiger charge is -2.08. The fourth-order valence-electron chi connectivity index (χ4n) is 1.62. The van der Waals surface area contributed by atoms with Crippen LogP contribution in [0, 0.1) is 12.7 Å². The number of fused-ring (bicyclic) bond motifs is 1. The molecular formula is C11H9FN6. The molecule has 0 aliphatic rings. The average molecular weight is 244 g/mol. The minimum absolute atomic E-state index is 0.262. The van der Waals surface area contributed by atoms with Crippen LogP contribution in [0.25, 0.3) is 5.65 Å². The van der Waals surface area contributed by atoms with Crippen LogP contribution in [0.15, 0.2) is 30.3 Å². The second-order valence-electron chi connectivity index (χ2n) is 3.83. The Balaban J connectivity index is 1.95. The van der Waals surface area contributed by atoms with Crippen molar-refractivity contribution in [3.8, 4) is 0 Å². The lowest BCUT2D eigenvalue weighted by Crippen LogP contribution is -2.01. The first kappa shape index (κ1) is 10.6. The Kier molecular flexibility index (Phi) is 2.36. The highest BCUT2D eigenvalue weighted by Gasteiger charge is 2.03.